The first-order valence-electron chi connectivity index (χ1n) is 7.31. The highest BCUT2D eigenvalue weighted by molar-refractivity contribution is 5.75. The first-order chi connectivity index (χ1) is 9.65. The van der Waals surface area contributed by atoms with Crippen LogP contribution < -0.4 is 15.4 Å². The summed E-state index contributed by atoms with van der Waals surface area (Å²) < 4.78 is 5.55. The zero-order chi connectivity index (χ0) is 14.8. The molecule has 0 aliphatic rings. The second-order valence-electron chi connectivity index (χ2n) is 4.92. The molecule has 0 aliphatic carbocycles. The Morgan fingerprint density at radius 2 is 2.00 bits per heavy atom. The van der Waals surface area contributed by atoms with Gasteiger partial charge in [-0.2, -0.15) is 0 Å². The van der Waals surface area contributed by atoms with Crippen molar-refractivity contribution in [2.45, 2.75) is 39.2 Å². The monoisotopic (exact) mass is 278 g/mol. The lowest BCUT2D eigenvalue weighted by Gasteiger charge is -2.10. The minimum Gasteiger partial charge on any atom is -0.493 e. The first kappa shape index (κ1) is 16.5. The Balaban J connectivity index is 2.29. The molecule has 0 radical (unpaired) electrons. The number of nitrogens with one attached hydrogen (secondary N) is 2. The third-order valence-electron chi connectivity index (χ3n) is 3.25. The van der Waals surface area contributed by atoms with Crippen LogP contribution in [0.2, 0.25) is 0 Å². The quantitative estimate of drug-likeness (QED) is 0.727. The van der Waals surface area contributed by atoms with Crippen molar-refractivity contribution in [3.8, 4) is 5.75 Å². The predicted octanol–water partition coefficient (Wildman–Crippen LogP) is 2.13. The minimum absolute atomic E-state index is 0.0326. The predicted molar refractivity (Wildman–Crippen MR) is 82.1 cm³/mol. The molecule has 0 saturated heterocycles. The van der Waals surface area contributed by atoms with Crippen molar-refractivity contribution < 1.29 is 9.53 Å². The molecule has 1 unspecified atom stereocenters. The maximum absolute atomic E-state index is 11.3. The van der Waals surface area contributed by atoms with Crippen LogP contribution in [0, 0.1) is 0 Å². The van der Waals surface area contributed by atoms with Crippen molar-refractivity contribution in [3.63, 3.8) is 0 Å². The molecule has 2 N–H and O–H groups in total. The van der Waals surface area contributed by atoms with E-state index < -0.39 is 0 Å². The van der Waals surface area contributed by atoms with E-state index in [-0.39, 0.29) is 5.91 Å². The number of amides is 1. The molecule has 1 aromatic carbocycles. The fraction of sp³-hybridized carbons (Fsp3) is 0.562. The highest BCUT2D eigenvalue weighted by Gasteiger charge is 2.02. The van der Waals surface area contributed by atoms with Gasteiger partial charge in [0.15, 0.2) is 0 Å². The lowest BCUT2D eigenvalue weighted by Crippen LogP contribution is -2.24. The molecule has 4 heteroatoms. The van der Waals surface area contributed by atoms with Crippen LogP contribution in [-0.2, 0) is 11.2 Å². The Bertz CT molecular complexity index is 390. The van der Waals surface area contributed by atoms with Crippen molar-refractivity contribution in [2.24, 2.45) is 0 Å². The molecule has 4 nitrogen and oxygen atoms in total. The van der Waals surface area contributed by atoms with Gasteiger partial charge in [0.05, 0.1) is 13.0 Å². The molecular formula is C16H26N2O2. The van der Waals surface area contributed by atoms with Crippen molar-refractivity contribution in [1.82, 2.24) is 10.6 Å². The lowest BCUT2D eigenvalue weighted by atomic mass is 10.1. The van der Waals surface area contributed by atoms with E-state index in [9.17, 15) is 4.79 Å². The first-order valence-corrected chi connectivity index (χ1v) is 7.31. The van der Waals surface area contributed by atoms with Gasteiger partial charge in [-0.05, 0) is 51.4 Å². The maximum atomic E-state index is 11.3. The van der Waals surface area contributed by atoms with Crippen LogP contribution in [0.5, 0.6) is 5.75 Å². The van der Waals surface area contributed by atoms with Crippen LogP contribution in [0.4, 0.5) is 0 Å². The lowest BCUT2D eigenvalue weighted by molar-refractivity contribution is -0.121. The summed E-state index contributed by atoms with van der Waals surface area (Å²) in [7, 11) is 1.98. The molecule has 1 atom stereocenters. The summed E-state index contributed by atoms with van der Waals surface area (Å²) >= 11 is 0. The van der Waals surface area contributed by atoms with Crippen molar-refractivity contribution in [3.05, 3.63) is 29.8 Å². The molecule has 1 aromatic rings. The van der Waals surface area contributed by atoms with Gasteiger partial charge in [-0.15, -0.1) is 0 Å². The number of hydrogen-bond donors (Lipinski definition) is 2. The molecule has 0 aromatic heterocycles. The summed E-state index contributed by atoms with van der Waals surface area (Å²) in [6, 6.07) is 8.64. The third kappa shape index (κ3) is 6.57. The number of hydrogen-bond acceptors (Lipinski definition) is 3. The average Bonchev–Trinajstić information content (AvgIpc) is 2.46. The molecule has 20 heavy (non-hydrogen) atoms. The third-order valence-corrected chi connectivity index (χ3v) is 3.25. The molecule has 1 amide bonds. The van der Waals surface area contributed by atoms with Crippen LogP contribution in [-0.4, -0.2) is 32.1 Å². The zero-order valence-corrected chi connectivity index (χ0v) is 12.7. The van der Waals surface area contributed by atoms with Crippen molar-refractivity contribution >= 4 is 5.91 Å². The van der Waals surface area contributed by atoms with Crippen LogP contribution in [0.25, 0.3) is 0 Å². The van der Waals surface area contributed by atoms with Crippen LogP contribution >= 0.6 is 0 Å². The SMILES string of the molecule is CCNC(=O)CCOc1ccc(CCC(C)NC)cc1. The molecule has 1 rings (SSSR count). The Morgan fingerprint density at radius 3 is 2.60 bits per heavy atom. The van der Waals surface area contributed by atoms with Crippen LogP contribution in [0.1, 0.15) is 32.3 Å². The molecule has 0 bridgehead atoms. The average molecular weight is 278 g/mol. The van der Waals surface area contributed by atoms with Gasteiger partial charge in [0.25, 0.3) is 0 Å². The fourth-order valence-corrected chi connectivity index (χ4v) is 1.83. The molecule has 0 fully saturated rings. The number of aryl methyl sites for hydroxylation is 1. The number of ether oxygens (including phenoxy) is 1. The van der Waals surface area contributed by atoms with E-state index in [1.165, 1.54) is 5.56 Å². The molecule has 0 heterocycles. The number of benzene rings is 1. The number of carbonyl (C=O) groups excluding carboxylic acids is 1. The summed E-state index contributed by atoms with van der Waals surface area (Å²) in [6.45, 7) is 5.17. The Kier molecular flexibility index (Phi) is 7.73. The van der Waals surface area contributed by atoms with E-state index >= 15 is 0 Å². The van der Waals surface area contributed by atoms with Crippen molar-refractivity contribution in [1.29, 1.82) is 0 Å². The number of rotatable bonds is 9. The summed E-state index contributed by atoms with van der Waals surface area (Å²) in [5, 5.41) is 5.98. The molecule has 112 valence electrons. The summed E-state index contributed by atoms with van der Waals surface area (Å²) in [5.74, 6) is 0.852. The standard InChI is InChI=1S/C16H26N2O2/c1-4-18-16(19)11-12-20-15-9-7-14(8-10-15)6-5-13(2)17-3/h7-10,13,17H,4-6,11-12H2,1-3H3,(H,18,19). The summed E-state index contributed by atoms with van der Waals surface area (Å²) in [5.41, 5.74) is 1.31. The topological polar surface area (TPSA) is 50.4 Å². The number of carbonyl (C=O) groups is 1. The van der Waals surface area contributed by atoms with Crippen LogP contribution in [0.3, 0.4) is 0 Å². The van der Waals surface area contributed by atoms with E-state index in [0.717, 1.165) is 18.6 Å². The van der Waals surface area contributed by atoms with Gasteiger partial charge in [0.1, 0.15) is 5.75 Å². The van der Waals surface area contributed by atoms with E-state index in [2.05, 4.69) is 29.7 Å². The molecule has 0 aliphatic heterocycles. The van der Waals surface area contributed by atoms with Gasteiger partial charge in [0.2, 0.25) is 5.91 Å². The Morgan fingerprint density at radius 1 is 1.30 bits per heavy atom. The highest BCUT2D eigenvalue weighted by Crippen LogP contribution is 2.14. The smallest absolute Gasteiger partial charge is 0.223 e. The van der Waals surface area contributed by atoms with Gasteiger partial charge in [-0.3, -0.25) is 4.79 Å². The minimum atomic E-state index is 0.0326. The van der Waals surface area contributed by atoms with Crippen LogP contribution in [0.15, 0.2) is 24.3 Å². The van der Waals surface area contributed by atoms with Gasteiger partial charge in [0, 0.05) is 12.6 Å². The molecule has 0 spiro atoms. The summed E-state index contributed by atoms with van der Waals surface area (Å²) in [4.78, 5) is 11.3. The fourth-order valence-electron chi connectivity index (χ4n) is 1.83. The second kappa shape index (κ2) is 9.37. The van der Waals surface area contributed by atoms with E-state index in [0.29, 0.717) is 25.6 Å². The molecular weight excluding hydrogens is 252 g/mol. The highest BCUT2D eigenvalue weighted by atomic mass is 16.5. The Labute approximate surface area is 121 Å². The second-order valence-corrected chi connectivity index (χ2v) is 4.92. The maximum Gasteiger partial charge on any atom is 0.223 e. The van der Waals surface area contributed by atoms with E-state index in [4.69, 9.17) is 4.74 Å². The largest absolute Gasteiger partial charge is 0.493 e. The van der Waals surface area contributed by atoms with Gasteiger partial charge in [-0.25, -0.2) is 0 Å². The normalized spacial score (nSPS) is 11.9. The van der Waals surface area contributed by atoms with Crippen molar-refractivity contribution in [2.75, 3.05) is 20.2 Å². The molecule has 0 saturated carbocycles. The van der Waals surface area contributed by atoms with E-state index in [1.807, 2.05) is 26.1 Å². The van der Waals surface area contributed by atoms with Gasteiger partial charge in [-0.1, -0.05) is 12.1 Å². The van der Waals surface area contributed by atoms with Gasteiger partial charge < -0.3 is 15.4 Å². The van der Waals surface area contributed by atoms with Gasteiger partial charge >= 0.3 is 0 Å². The zero-order valence-electron chi connectivity index (χ0n) is 12.7. The van der Waals surface area contributed by atoms with E-state index in [1.54, 1.807) is 0 Å². The summed E-state index contributed by atoms with van der Waals surface area (Å²) in [6.07, 6.45) is 2.57. The Hall–Kier alpha value is -1.55.